The van der Waals surface area contributed by atoms with Crippen molar-refractivity contribution in [1.29, 1.82) is 0 Å². The summed E-state index contributed by atoms with van der Waals surface area (Å²) in [4.78, 5) is 25.9. The molecule has 1 aliphatic rings. The van der Waals surface area contributed by atoms with Gasteiger partial charge in [-0.25, -0.2) is 4.79 Å². The maximum Gasteiger partial charge on any atom is 0.347 e. The number of aliphatic hydroxyl groups is 1. The highest BCUT2D eigenvalue weighted by Gasteiger charge is 2.33. The van der Waals surface area contributed by atoms with Crippen LogP contribution in [0.25, 0.3) is 0 Å². The van der Waals surface area contributed by atoms with Crippen LogP contribution in [-0.4, -0.2) is 49.3 Å². The number of amides is 1. The number of benzene rings is 1. The van der Waals surface area contributed by atoms with Crippen molar-refractivity contribution in [3.63, 3.8) is 0 Å². The largest absolute Gasteiger partial charge is 0.511 e. The van der Waals surface area contributed by atoms with Crippen LogP contribution in [0.4, 0.5) is 0 Å². The van der Waals surface area contributed by atoms with E-state index in [4.69, 9.17) is 14.2 Å². The molecule has 0 saturated heterocycles. The highest BCUT2D eigenvalue weighted by atomic mass is 16.5. The number of rotatable bonds is 6. The summed E-state index contributed by atoms with van der Waals surface area (Å²) in [5.41, 5.74) is 0.479. The summed E-state index contributed by atoms with van der Waals surface area (Å²) < 4.78 is 15.3. The topological polar surface area (TPSA) is 85.3 Å². The van der Waals surface area contributed by atoms with Gasteiger partial charge in [0.15, 0.2) is 5.57 Å². The molecule has 0 spiro atoms. The number of carbonyl (C=O) groups excluding carboxylic acids is 2. The number of aliphatic hydroxyl groups excluding tert-OH is 1. The molecule has 0 unspecified atom stereocenters. The molecule has 0 radical (unpaired) electrons. The third kappa shape index (κ3) is 3.61. The van der Waals surface area contributed by atoms with Gasteiger partial charge in [0.05, 0.1) is 20.8 Å². The molecule has 1 aromatic carbocycles. The zero-order valence-electron chi connectivity index (χ0n) is 14.0. The number of nitrogens with zero attached hydrogens (tertiary/aromatic N) is 1. The minimum Gasteiger partial charge on any atom is -0.511 e. The van der Waals surface area contributed by atoms with Crippen molar-refractivity contribution < 1.29 is 28.9 Å². The van der Waals surface area contributed by atoms with Gasteiger partial charge >= 0.3 is 5.97 Å². The third-order valence-electron chi connectivity index (χ3n) is 3.74. The second kappa shape index (κ2) is 7.72. The molecule has 130 valence electrons. The van der Waals surface area contributed by atoms with Crippen LogP contribution in [0.1, 0.15) is 18.9 Å². The molecule has 1 N–H and O–H groups in total. The molecular formula is C17H21NO6. The normalized spacial score (nSPS) is 14.6. The van der Waals surface area contributed by atoms with Crippen molar-refractivity contribution in [3.8, 4) is 11.5 Å². The van der Waals surface area contributed by atoms with E-state index in [0.717, 1.165) is 5.56 Å². The summed E-state index contributed by atoms with van der Waals surface area (Å²) >= 11 is 0. The van der Waals surface area contributed by atoms with Crippen molar-refractivity contribution in [2.24, 2.45) is 0 Å². The summed E-state index contributed by atoms with van der Waals surface area (Å²) in [5, 5.41) is 9.88. The first-order valence-electron chi connectivity index (χ1n) is 7.61. The zero-order chi connectivity index (χ0) is 17.7. The van der Waals surface area contributed by atoms with Crippen LogP contribution >= 0.6 is 0 Å². The van der Waals surface area contributed by atoms with Crippen LogP contribution in [0.3, 0.4) is 0 Å². The Morgan fingerprint density at radius 2 is 2.04 bits per heavy atom. The van der Waals surface area contributed by atoms with Gasteiger partial charge in [0.1, 0.15) is 17.3 Å². The van der Waals surface area contributed by atoms with Crippen LogP contribution in [0, 0.1) is 0 Å². The van der Waals surface area contributed by atoms with E-state index in [0.29, 0.717) is 18.0 Å². The van der Waals surface area contributed by atoms with Crippen molar-refractivity contribution in [2.75, 3.05) is 27.4 Å². The van der Waals surface area contributed by atoms with E-state index < -0.39 is 11.9 Å². The standard InChI is InChI=1S/C17H21NO6/c1-4-24-17(21)15-13(19)7-8-18(16(15)20)10-11-5-6-12(22-2)9-14(11)23-3/h5-6,9,19H,4,7-8,10H2,1-3H3. The molecule has 1 aromatic rings. The Balaban J connectivity index is 2.23. The third-order valence-corrected chi connectivity index (χ3v) is 3.74. The molecule has 0 aromatic heterocycles. The molecule has 0 saturated carbocycles. The zero-order valence-corrected chi connectivity index (χ0v) is 14.0. The molecule has 7 heteroatoms. The molecule has 0 fully saturated rings. The molecule has 0 atom stereocenters. The van der Waals surface area contributed by atoms with E-state index in [1.54, 1.807) is 32.2 Å². The van der Waals surface area contributed by atoms with Crippen molar-refractivity contribution in [1.82, 2.24) is 4.90 Å². The van der Waals surface area contributed by atoms with E-state index in [1.165, 1.54) is 12.0 Å². The Bertz CT molecular complexity index is 667. The monoisotopic (exact) mass is 335 g/mol. The Labute approximate surface area is 140 Å². The molecule has 7 nitrogen and oxygen atoms in total. The van der Waals surface area contributed by atoms with Gasteiger partial charge in [0.25, 0.3) is 5.91 Å². The van der Waals surface area contributed by atoms with Crippen LogP contribution in [-0.2, 0) is 20.9 Å². The SMILES string of the molecule is CCOC(=O)C1=C(O)CCN(Cc2ccc(OC)cc2OC)C1=O. The summed E-state index contributed by atoms with van der Waals surface area (Å²) in [6.07, 6.45) is 0.207. The van der Waals surface area contributed by atoms with Gasteiger partial charge in [-0.15, -0.1) is 0 Å². The fraction of sp³-hybridized carbons (Fsp3) is 0.412. The lowest BCUT2D eigenvalue weighted by Gasteiger charge is -2.28. The molecule has 0 bridgehead atoms. The minimum atomic E-state index is -0.800. The minimum absolute atomic E-state index is 0.134. The van der Waals surface area contributed by atoms with E-state index in [9.17, 15) is 14.7 Å². The second-order valence-electron chi connectivity index (χ2n) is 5.20. The smallest absolute Gasteiger partial charge is 0.347 e. The Morgan fingerprint density at radius 3 is 2.67 bits per heavy atom. The quantitative estimate of drug-likeness (QED) is 0.630. The Kier molecular flexibility index (Phi) is 5.68. The van der Waals surface area contributed by atoms with E-state index in [-0.39, 0.29) is 30.9 Å². The molecule has 1 heterocycles. The average Bonchev–Trinajstić information content (AvgIpc) is 2.58. The highest BCUT2D eigenvalue weighted by molar-refractivity contribution is 6.17. The van der Waals surface area contributed by atoms with Crippen LogP contribution in [0.2, 0.25) is 0 Å². The molecule has 0 aliphatic carbocycles. The van der Waals surface area contributed by atoms with Crippen LogP contribution in [0.15, 0.2) is 29.5 Å². The summed E-state index contributed by atoms with van der Waals surface area (Å²) in [6.45, 7) is 2.34. The predicted octanol–water partition coefficient (Wildman–Crippen LogP) is 1.81. The number of ether oxygens (including phenoxy) is 3. The first-order valence-corrected chi connectivity index (χ1v) is 7.61. The van der Waals surface area contributed by atoms with Gasteiger partial charge in [-0.2, -0.15) is 0 Å². The maximum atomic E-state index is 12.5. The number of hydrogen-bond donors (Lipinski definition) is 1. The van der Waals surface area contributed by atoms with Crippen molar-refractivity contribution in [2.45, 2.75) is 19.9 Å². The fourth-order valence-electron chi connectivity index (χ4n) is 2.50. The second-order valence-corrected chi connectivity index (χ2v) is 5.20. The number of esters is 1. The fourth-order valence-corrected chi connectivity index (χ4v) is 2.50. The van der Waals surface area contributed by atoms with Crippen molar-refractivity contribution >= 4 is 11.9 Å². The molecule has 24 heavy (non-hydrogen) atoms. The number of methoxy groups -OCH3 is 2. The molecule has 2 rings (SSSR count). The van der Waals surface area contributed by atoms with E-state index >= 15 is 0 Å². The molecule has 1 amide bonds. The lowest BCUT2D eigenvalue weighted by Crippen LogP contribution is -2.39. The average molecular weight is 335 g/mol. The summed E-state index contributed by atoms with van der Waals surface area (Å²) in [6, 6.07) is 5.29. The van der Waals surface area contributed by atoms with Gasteiger partial charge < -0.3 is 24.2 Å². The highest BCUT2D eigenvalue weighted by Crippen LogP contribution is 2.28. The summed E-state index contributed by atoms with van der Waals surface area (Å²) in [7, 11) is 3.09. The first kappa shape index (κ1) is 17.7. The van der Waals surface area contributed by atoms with E-state index in [2.05, 4.69) is 0 Å². The Hall–Kier alpha value is -2.70. The lowest BCUT2D eigenvalue weighted by molar-refractivity contribution is -0.143. The Morgan fingerprint density at radius 1 is 1.29 bits per heavy atom. The molecule has 1 aliphatic heterocycles. The molecular weight excluding hydrogens is 314 g/mol. The first-order chi connectivity index (χ1) is 11.5. The summed E-state index contributed by atoms with van der Waals surface area (Å²) in [5.74, 6) is -0.346. The van der Waals surface area contributed by atoms with Gasteiger partial charge in [-0.3, -0.25) is 4.79 Å². The van der Waals surface area contributed by atoms with Gasteiger partial charge in [0.2, 0.25) is 0 Å². The lowest BCUT2D eigenvalue weighted by atomic mass is 10.1. The van der Waals surface area contributed by atoms with Gasteiger partial charge in [-0.1, -0.05) is 0 Å². The number of hydrogen-bond acceptors (Lipinski definition) is 6. The van der Waals surface area contributed by atoms with Gasteiger partial charge in [-0.05, 0) is 19.1 Å². The van der Waals surface area contributed by atoms with E-state index in [1.807, 2.05) is 0 Å². The van der Waals surface area contributed by atoms with Crippen molar-refractivity contribution in [3.05, 3.63) is 35.1 Å². The van der Waals surface area contributed by atoms with Crippen LogP contribution < -0.4 is 9.47 Å². The van der Waals surface area contributed by atoms with Crippen LogP contribution in [0.5, 0.6) is 11.5 Å². The van der Waals surface area contributed by atoms with Gasteiger partial charge in [0, 0.05) is 31.1 Å². The maximum absolute atomic E-state index is 12.5. The predicted molar refractivity (Wildman–Crippen MR) is 85.9 cm³/mol. The number of carbonyl (C=O) groups is 2.